The smallest absolute Gasteiger partial charge is 0.341 e. The zero-order chi connectivity index (χ0) is 22.7. The molecule has 1 atom stereocenters. The van der Waals surface area contributed by atoms with Crippen molar-refractivity contribution < 1.29 is 37.4 Å². The fraction of sp³-hybridized carbons (Fsp3) is 0.364. The van der Waals surface area contributed by atoms with Gasteiger partial charge in [-0.05, 0) is 37.1 Å². The average Bonchev–Trinajstić information content (AvgIpc) is 2.77. The Morgan fingerprint density at radius 2 is 1.77 bits per heavy atom. The Balaban J connectivity index is 2.08. The fourth-order valence-corrected chi connectivity index (χ4v) is 4.24. The van der Waals surface area contributed by atoms with E-state index in [2.05, 4.69) is 4.74 Å². The van der Waals surface area contributed by atoms with Crippen molar-refractivity contribution >= 4 is 19.3 Å². The summed E-state index contributed by atoms with van der Waals surface area (Å²) in [7, 11) is -0.882. The van der Waals surface area contributed by atoms with Gasteiger partial charge in [-0.25, -0.2) is 0 Å². The first-order valence-corrected chi connectivity index (χ1v) is 11.4. The highest BCUT2D eigenvalue weighted by atomic mass is 31.2. The molecule has 31 heavy (non-hydrogen) atoms. The minimum Gasteiger partial charge on any atom is -0.469 e. The molecule has 0 aliphatic rings. The van der Waals surface area contributed by atoms with Crippen LogP contribution in [0.15, 0.2) is 48.5 Å². The van der Waals surface area contributed by atoms with Crippen LogP contribution in [0.5, 0.6) is 5.75 Å². The summed E-state index contributed by atoms with van der Waals surface area (Å²) in [5, 5.41) is 0. The van der Waals surface area contributed by atoms with Crippen molar-refractivity contribution in [1.82, 2.24) is 0 Å². The van der Waals surface area contributed by atoms with Gasteiger partial charge in [0.2, 0.25) is 0 Å². The normalized spacial score (nSPS) is 12.7. The third-order valence-corrected chi connectivity index (χ3v) is 6.08. The van der Waals surface area contributed by atoms with E-state index < -0.39 is 19.7 Å². The first kappa shape index (κ1) is 24.8. The predicted octanol–water partition coefficient (Wildman–Crippen LogP) is 3.86. The van der Waals surface area contributed by atoms with E-state index >= 15 is 0 Å². The molecule has 0 heterocycles. The van der Waals surface area contributed by atoms with Gasteiger partial charge < -0.3 is 23.3 Å². The van der Waals surface area contributed by atoms with Crippen LogP contribution in [0.3, 0.4) is 0 Å². The molecule has 0 radical (unpaired) electrons. The van der Waals surface area contributed by atoms with Crippen LogP contribution in [0.1, 0.15) is 28.4 Å². The minimum atomic E-state index is -3.59. The van der Waals surface area contributed by atoms with Crippen molar-refractivity contribution in [3.63, 3.8) is 0 Å². The van der Waals surface area contributed by atoms with Crippen molar-refractivity contribution in [2.75, 3.05) is 40.4 Å². The molecule has 0 N–H and O–H groups in total. The summed E-state index contributed by atoms with van der Waals surface area (Å²) in [5.74, 6) is -0.428. The van der Waals surface area contributed by atoms with Gasteiger partial charge in [-0.3, -0.25) is 14.2 Å². The first-order chi connectivity index (χ1) is 14.9. The van der Waals surface area contributed by atoms with Gasteiger partial charge in [-0.1, -0.05) is 30.3 Å². The maximum Gasteiger partial charge on any atom is 0.341 e. The number of benzene rings is 2. The zero-order valence-corrected chi connectivity index (χ0v) is 18.8. The Kier molecular flexibility index (Phi) is 9.88. The molecule has 1 unspecified atom stereocenters. The van der Waals surface area contributed by atoms with Crippen LogP contribution in [0.25, 0.3) is 0 Å². The number of esters is 1. The number of ether oxygens (including phenoxy) is 3. The quantitative estimate of drug-likeness (QED) is 0.196. The van der Waals surface area contributed by atoms with Crippen LogP contribution in [0.4, 0.5) is 0 Å². The topological polar surface area (TPSA) is 97.4 Å². The van der Waals surface area contributed by atoms with E-state index in [1.807, 2.05) is 6.07 Å². The Morgan fingerprint density at radius 1 is 1.00 bits per heavy atom. The lowest BCUT2D eigenvalue weighted by Gasteiger charge is -2.16. The highest BCUT2D eigenvalue weighted by Gasteiger charge is 2.28. The van der Waals surface area contributed by atoms with E-state index in [0.29, 0.717) is 23.3 Å². The Bertz CT molecular complexity index is 927. The van der Waals surface area contributed by atoms with Gasteiger partial charge in [0.25, 0.3) is 0 Å². The Labute approximate surface area is 181 Å². The molecule has 2 rings (SSSR count). The summed E-state index contributed by atoms with van der Waals surface area (Å²) < 4.78 is 38.1. The molecule has 168 valence electrons. The Hall–Kier alpha value is -2.51. The van der Waals surface area contributed by atoms with Crippen LogP contribution in [-0.4, -0.2) is 52.1 Å². The summed E-state index contributed by atoms with van der Waals surface area (Å²) in [6.07, 6.45) is -0.0741. The molecular weight excluding hydrogens is 423 g/mol. The second-order valence-electron chi connectivity index (χ2n) is 6.42. The number of para-hydroxylation sites is 1. The molecule has 2 aromatic rings. The molecule has 0 bridgehead atoms. The van der Waals surface area contributed by atoms with Crippen molar-refractivity contribution in [3.8, 4) is 5.75 Å². The fourth-order valence-electron chi connectivity index (χ4n) is 2.78. The van der Waals surface area contributed by atoms with Crippen LogP contribution < -0.4 is 4.74 Å². The maximum atomic E-state index is 13.0. The van der Waals surface area contributed by atoms with Crippen molar-refractivity contribution in [1.29, 1.82) is 0 Å². The molecule has 0 aliphatic heterocycles. The number of hydrogen-bond donors (Lipinski definition) is 0. The largest absolute Gasteiger partial charge is 0.469 e. The van der Waals surface area contributed by atoms with Crippen LogP contribution in [-0.2, 0) is 34.3 Å². The molecule has 0 spiro atoms. The standard InChI is InChI=1S/C22H27O8P/c1-4-29-31(25,15-21(23)27-3)30-13-12-17-8-7-9-18(14-17)22(24)19-10-5-6-11-20(19)28-16-26-2/h5-11,14H,4,12-13,15-16H2,1-3H3. The SMILES string of the molecule is CCOP(=O)(CC(=O)OC)OCCc1cccc(C(=O)c2ccccc2OCOC)c1. The minimum absolute atomic E-state index is 0.0349. The molecule has 0 amide bonds. The molecule has 0 aromatic heterocycles. The van der Waals surface area contributed by atoms with Gasteiger partial charge in [-0.15, -0.1) is 0 Å². The van der Waals surface area contributed by atoms with Gasteiger partial charge in [0.15, 0.2) is 12.6 Å². The van der Waals surface area contributed by atoms with Crippen LogP contribution in [0, 0.1) is 0 Å². The van der Waals surface area contributed by atoms with E-state index in [1.165, 1.54) is 14.2 Å². The molecule has 0 saturated heterocycles. The summed E-state index contributed by atoms with van der Waals surface area (Å²) in [6.45, 7) is 1.89. The van der Waals surface area contributed by atoms with Crippen molar-refractivity contribution in [2.24, 2.45) is 0 Å². The average molecular weight is 450 g/mol. The van der Waals surface area contributed by atoms with E-state index in [1.54, 1.807) is 49.4 Å². The first-order valence-electron chi connectivity index (χ1n) is 9.71. The van der Waals surface area contributed by atoms with E-state index in [-0.39, 0.29) is 25.8 Å². The van der Waals surface area contributed by atoms with Crippen molar-refractivity contribution in [2.45, 2.75) is 13.3 Å². The van der Waals surface area contributed by atoms with Crippen molar-refractivity contribution in [3.05, 3.63) is 65.2 Å². The second kappa shape index (κ2) is 12.4. The van der Waals surface area contributed by atoms with Crippen LogP contribution >= 0.6 is 7.60 Å². The highest BCUT2D eigenvalue weighted by Crippen LogP contribution is 2.48. The third kappa shape index (κ3) is 7.60. The maximum absolute atomic E-state index is 13.0. The highest BCUT2D eigenvalue weighted by molar-refractivity contribution is 7.54. The molecule has 9 heteroatoms. The molecule has 8 nitrogen and oxygen atoms in total. The van der Waals surface area contributed by atoms with Gasteiger partial charge in [0, 0.05) is 12.7 Å². The number of methoxy groups -OCH3 is 2. The van der Waals surface area contributed by atoms with Gasteiger partial charge in [-0.2, -0.15) is 0 Å². The molecule has 2 aromatic carbocycles. The Morgan fingerprint density at radius 3 is 2.48 bits per heavy atom. The van der Waals surface area contributed by atoms with Crippen LogP contribution in [0.2, 0.25) is 0 Å². The second-order valence-corrected chi connectivity index (χ2v) is 8.48. The van der Waals surface area contributed by atoms with E-state index in [9.17, 15) is 14.2 Å². The summed E-state index contributed by atoms with van der Waals surface area (Å²) in [4.78, 5) is 24.5. The van der Waals surface area contributed by atoms with E-state index in [0.717, 1.165) is 5.56 Å². The lowest BCUT2D eigenvalue weighted by atomic mass is 10.00. The van der Waals surface area contributed by atoms with E-state index in [4.69, 9.17) is 18.5 Å². The van der Waals surface area contributed by atoms with Gasteiger partial charge in [0.05, 0.1) is 25.9 Å². The summed E-state index contributed by atoms with van der Waals surface area (Å²) in [6, 6.07) is 14.0. The zero-order valence-electron chi connectivity index (χ0n) is 17.9. The number of carbonyl (C=O) groups is 2. The van der Waals surface area contributed by atoms with Gasteiger partial charge in [0.1, 0.15) is 11.9 Å². The monoisotopic (exact) mass is 450 g/mol. The third-order valence-electron chi connectivity index (χ3n) is 4.21. The number of hydrogen-bond acceptors (Lipinski definition) is 8. The molecule has 0 aliphatic carbocycles. The number of carbonyl (C=O) groups excluding carboxylic acids is 2. The molecule has 0 saturated carbocycles. The lowest BCUT2D eigenvalue weighted by molar-refractivity contribution is -0.137. The predicted molar refractivity (Wildman–Crippen MR) is 115 cm³/mol. The summed E-state index contributed by atoms with van der Waals surface area (Å²) in [5.41, 5.74) is 1.71. The molecular formula is C22H27O8P. The summed E-state index contributed by atoms with van der Waals surface area (Å²) >= 11 is 0. The van der Waals surface area contributed by atoms with Gasteiger partial charge >= 0.3 is 13.6 Å². The lowest BCUT2D eigenvalue weighted by Crippen LogP contribution is -2.12. The number of ketones is 1. The number of rotatable bonds is 13. The molecule has 0 fully saturated rings.